The van der Waals surface area contributed by atoms with Crippen molar-refractivity contribution in [3.8, 4) is 5.82 Å². The van der Waals surface area contributed by atoms with E-state index in [-0.39, 0.29) is 0 Å². The maximum absolute atomic E-state index is 5.87. The Morgan fingerprint density at radius 3 is 2.58 bits per heavy atom. The minimum Gasteiger partial charge on any atom is -0.237 e. The molecular formula is C15H12ClN3. The minimum atomic E-state index is 0.753. The predicted molar refractivity (Wildman–Crippen MR) is 75.6 cm³/mol. The lowest BCUT2D eigenvalue weighted by atomic mass is 10.1. The van der Waals surface area contributed by atoms with Gasteiger partial charge in [-0.1, -0.05) is 29.8 Å². The van der Waals surface area contributed by atoms with E-state index in [0.29, 0.717) is 0 Å². The molecule has 0 aliphatic heterocycles. The molecule has 0 amide bonds. The molecule has 4 heteroatoms. The summed E-state index contributed by atoms with van der Waals surface area (Å²) >= 11 is 5.87. The van der Waals surface area contributed by atoms with Crippen LogP contribution in [0.4, 0.5) is 0 Å². The monoisotopic (exact) mass is 269 g/mol. The van der Waals surface area contributed by atoms with Crippen molar-refractivity contribution in [1.29, 1.82) is 0 Å². The fourth-order valence-corrected chi connectivity index (χ4v) is 2.01. The van der Waals surface area contributed by atoms with Gasteiger partial charge in [-0.05, 0) is 35.9 Å². The molecule has 0 saturated carbocycles. The Kier molecular flexibility index (Phi) is 3.29. The Morgan fingerprint density at radius 2 is 1.84 bits per heavy atom. The van der Waals surface area contributed by atoms with Gasteiger partial charge in [0.05, 0.1) is 5.69 Å². The van der Waals surface area contributed by atoms with Crippen LogP contribution in [0, 0.1) is 0 Å². The van der Waals surface area contributed by atoms with E-state index >= 15 is 0 Å². The average molecular weight is 270 g/mol. The molecule has 0 radical (unpaired) electrons. The quantitative estimate of drug-likeness (QED) is 0.728. The molecule has 2 heterocycles. The summed E-state index contributed by atoms with van der Waals surface area (Å²) in [5, 5.41) is 5.27. The molecule has 0 unspecified atom stereocenters. The molecule has 3 aromatic rings. The van der Waals surface area contributed by atoms with Crippen LogP contribution in [0.2, 0.25) is 5.02 Å². The van der Waals surface area contributed by atoms with Crippen LogP contribution in [0.25, 0.3) is 5.82 Å². The molecule has 0 bridgehead atoms. The third kappa shape index (κ3) is 2.83. The van der Waals surface area contributed by atoms with E-state index in [1.165, 1.54) is 5.56 Å². The van der Waals surface area contributed by atoms with Crippen LogP contribution in [0.3, 0.4) is 0 Å². The maximum Gasteiger partial charge on any atom is 0.153 e. The number of hydrogen-bond acceptors (Lipinski definition) is 2. The second-order valence-corrected chi connectivity index (χ2v) is 4.68. The molecular weight excluding hydrogens is 258 g/mol. The number of nitrogens with zero attached hydrogens (tertiary/aromatic N) is 3. The zero-order valence-electron chi connectivity index (χ0n) is 10.2. The average Bonchev–Trinajstić information content (AvgIpc) is 2.91. The molecule has 0 N–H and O–H groups in total. The number of pyridine rings is 1. The molecule has 0 fully saturated rings. The van der Waals surface area contributed by atoms with Gasteiger partial charge < -0.3 is 0 Å². The Balaban J connectivity index is 1.80. The Labute approximate surface area is 116 Å². The normalized spacial score (nSPS) is 10.6. The molecule has 3 nitrogen and oxygen atoms in total. The lowest BCUT2D eigenvalue weighted by molar-refractivity contribution is 0.821. The number of benzene rings is 1. The number of hydrogen-bond donors (Lipinski definition) is 0. The van der Waals surface area contributed by atoms with Crippen molar-refractivity contribution in [2.24, 2.45) is 0 Å². The lowest BCUT2D eigenvalue weighted by Crippen LogP contribution is -1.98. The van der Waals surface area contributed by atoms with Gasteiger partial charge in [0.1, 0.15) is 0 Å². The van der Waals surface area contributed by atoms with Crippen molar-refractivity contribution >= 4 is 11.6 Å². The molecule has 2 aromatic heterocycles. The molecule has 0 aliphatic rings. The largest absolute Gasteiger partial charge is 0.237 e. The van der Waals surface area contributed by atoms with Crippen LogP contribution >= 0.6 is 11.6 Å². The van der Waals surface area contributed by atoms with Crippen LogP contribution in [-0.2, 0) is 6.42 Å². The van der Waals surface area contributed by atoms with Crippen molar-refractivity contribution in [2.45, 2.75) is 6.42 Å². The van der Waals surface area contributed by atoms with Crippen molar-refractivity contribution < 1.29 is 0 Å². The smallest absolute Gasteiger partial charge is 0.153 e. The van der Waals surface area contributed by atoms with E-state index in [4.69, 9.17) is 11.6 Å². The van der Waals surface area contributed by atoms with E-state index in [0.717, 1.165) is 23.0 Å². The molecule has 94 valence electrons. The fraction of sp³-hybridized carbons (Fsp3) is 0.0667. The predicted octanol–water partition coefficient (Wildman–Crippen LogP) is 3.51. The minimum absolute atomic E-state index is 0.753. The summed E-state index contributed by atoms with van der Waals surface area (Å²) in [6, 6.07) is 15.6. The Hall–Kier alpha value is -2.13. The van der Waals surface area contributed by atoms with E-state index in [1.807, 2.05) is 54.7 Å². The van der Waals surface area contributed by atoms with Crippen LogP contribution in [-0.4, -0.2) is 14.8 Å². The summed E-state index contributed by atoms with van der Waals surface area (Å²) < 4.78 is 1.78. The molecule has 0 saturated heterocycles. The Morgan fingerprint density at radius 1 is 1.00 bits per heavy atom. The van der Waals surface area contributed by atoms with Gasteiger partial charge in [0, 0.05) is 23.8 Å². The SMILES string of the molecule is Clc1ccc(Cc2ccn(-c3ccccn3)n2)cc1. The van der Waals surface area contributed by atoms with E-state index in [2.05, 4.69) is 10.1 Å². The highest BCUT2D eigenvalue weighted by Crippen LogP contribution is 2.13. The first kappa shape index (κ1) is 11.9. The first-order chi connectivity index (χ1) is 9.31. The van der Waals surface area contributed by atoms with Gasteiger partial charge in [-0.15, -0.1) is 0 Å². The van der Waals surface area contributed by atoms with E-state index in [1.54, 1.807) is 10.9 Å². The van der Waals surface area contributed by atoms with Gasteiger partial charge >= 0.3 is 0 Å². The molecule has 0 aliphatic carbocycles. The topological polar surface area (TPSA) is 30.7 Å². The lowest BCUT2D eigenvalue weighted by Gasteiger charge is -2.00. The second kappa shape index (κ2) is 5.24. The molecule has 0 spiro atoms. The highest BCUT2D eigenvalue weighted by Gasteiger charge is 2.03. The summed E-state index contributed by atoms with van der Waals surface area (Å²) in [7, 11) is 0. The number of aromatic nitrogens is 3. The number of halogens is 1. The number of rotatable bonds is 3. The van der Waals surface area contributed by atoms with Crippen LogP contribution in [0.1, 0.15) is 11.3 Å². The van der Waals surface area contributed by atoms with E-state index in [9.17, 15) is 0 Å². The Bertz CT molecular complexity index is 659. The summed E-state index contributed by atoms with van der Waals surface area (Å²) in [4.78, 5) is 4.26. The molecule has 0 atom stereocenters. The summed E-state index contributed by atoms with van der Waals surface area (Å²) in [5.41, 5.74) is 2.20. The van der Waals surface area contributed by atoms with Crippen molar-refractivity contribution in [1.82, 2.24) is 14.8 Å². The van der Waals surface area contributed by atoms with Gasteiger partial charge in [0.15, 0.2) is 5.82 Å². The zero-order valence-corrected chi connectivity index (χ0v) is 11.0. The zero-order chi connectivity index (χ0) is 13.1. The maximum atomic E-state index is 5.87. The van der Waals surface area contributed by atoms with Gasteiger partial charge in [-0.2, -0.15) is 5.10 Å². The van der Waals surface area contributed by atoms with Crippen molar-refractivity contribution in [3.63, 3.8) is 0 Å². The van der Waals surface area contributed by atoms with Crippen LogP contribution in [0.5, 0.6) is 0 Å². The molecule has 3 rings (SSSR count). The highest BCUT2D eigenvalue weighted by atomic mass is 35.5. The van der Waals surface area contributed by atoms with Gasteiger partial charge in [-0.3, -0.25) is 0 Å². The molecule has 19 heavy (non-hydrogen) atoms. The fourth-order valence-electron chi connectivity index (χ4n) is 1.88. The summed E-state index contributed by atoms with van der Waals surface area (Å²) in [6.07, 6.45) is 4.47. The second-order valence-electron chi connectivity index (χ2n) is 4.24. The van der Waals surface area contributed by atoms with E-state index < -0.39 is 0 Å². The first-order valence-corrected chi connectivity index (χ1v) is 6.39. The standard InChI is InChI=1S/C15H12ClN3/c16-13-6-4-12(5-7-13)11-14-8-10-19(18-14)15-3-1-2-9-17-15/h1-10H,11H2. The van der Waals surface area contributed by atoms with Crippen molar-refractivity contribution in [2.75, 3.05) is 0 Å². The molecule has 1 aromatic carbocycles. The van der Waals surface area contributed by atoms with Crippen molar-refractivity contribution in [3.05, 3.63) is 77.2 Å². The highest BCUT2D eigenvalue weighted by molar-refractivity contribution is 6.30. The summed E-state index contributed by atoms with van der Waals surface area (Å²) in [6.45, 7) is 0. The third-order valence-corrected chi connectivity index (χ3v) is 3.08. The van der Waals surface area contributed by atoms with Gasteiger partial charge in [-0.25, -0.2) is 9.67 Å². The van der Waals surface area contributed by atoms with Crippen LogP contribution in [0.15, 0.2) is 60.9 Å². The first-order valence-electron chi connectivity index (χ1n) is 6.02. The summed E-state index contributed by atoms with van der Waals surface area (Å²) in [5.74, 6) is 0.824. The van der Waals surface area contributed by atoms with Gasteiger partial charge in [0.25, 0.3) is 0 Å². The van der Waals surface area contributed by atoms with Crippen LogP contribution < -0.4 is 0 Å². The third-order valence-electron chi connectivity index (χ3n) is 2.83. The van der Waals surface area contributed by atoms with Gasteiger partial charge in [0.2, 0.25) is 0 Å².